The highest BCUT2D eigenvalue weighted by Gasteiger charge is 2.03. The molecule has 2 aromatic carbocycles. The molecule has 0 saturated heterocycles. The summed E-state index contributed by atoms with van der Waals surface area (Å²) in [5, 5.41) is 20.2. The predicted octanol–water partition coefficient (Wildman–Crippen LogP) is -0.402. The van der Waals surface area contributed by atoms with Gasteiger partial charge in [-0.1, -0.05) is 0 Å². The molecule has 0 spiro atoms. The Morgan fingerprint density at radius 3 is 1.04 bits per heavy atom. The quantitative estimate of drug-likeness (QED) is 0.303. The molecule has 0 aromatic heterocycles. The second kappa shape index (κ2) is 10.0. The van der Waals surface area contributed by atoms with Gasteiger partial charge in [0.1, 0.15) is 11.4 Å². The molecule has 0 aliphatic rings. The molecule has 0 atom stereocenters. The molecule has 0 fully saturated rings. The molecule has 0 radical (unpaired) electrons. The van der Waals surface area contributed by atoms with Gasteiger partial charge in [-0.05, 0) is 0 Å². The SMILES string of the molecule is O=S(=O)([O-])[O-].[NH3+]c1ccc([N+](=O)[O-])cc1.[NH3+]c1ccc([N+](=O)[O-])cc1. The molecule has 0 aliphatic carbocycles. The summed E-state index contributed by atoms with van der Waals surface area (Å²) in [4.78, 5) is 19.3. The lowest BCUT2D eigenvalue weighted by atomic mass is 10.3. The van der Waals surface area contributed by atoms with Crippen molar-refractivity contribution in [3.63, 3.8) is 0 Å². The first kappa shape index (κ1) is 22.0. The number of hydrogen-bond acceptors (Lipinski definition) is 8. The van der Waals surface area contributed by atoms with E-state index in [1.54, 1.807) is 24.3 Å². The van der Waals surface area contributed by atoms with E-state index < -0.39 is 20.2 Å². The minimum atomic E-state index is -5.17. The number of nitro groups is 2. The van der Waals surface area contributed by atoms with Crippen molar-refractivity contribution < 1.29 is 38.8 Å². The van der Waals surface area contributed by atoms with Gasteiger partial charge in [-0.3, -0.25) is 28.6 Å². The second-order valence-corrected chi connectivity index (χ2v) is 5.07. The lowest BCUT2D eigenvalue weighted by Crippen LogP contribution is -2.39. The number of nitrogens with zero attached hydrogens (tertiary/aromatic N) is 2. The molecule has 12 nitrogen and oxygen atoms in total. The first-order valence-corrected chi connectivity index (χ1v) is 7.53. The largest absolute Gasteiger partial charge is 0.759 e. The molecular weight excluding hydrogens is 360 g/mol. The van der Waals surface area contributed by atoms with Crippen LogP contribution in [0.25, 0.3) is 0 Å². The summed E-state index contributed by atoms with van der Waals surface area (Å²) in [6, 6.07) is 12.2. The van der Waals surface area contributed by atoms with Gasteiger partial charge in [-0.25, -0.2) is 0 Å². The Kier molecular flexibility index (Phi) is 8.82. The number of nitro benzene ring substituents is 2. The topological polar surface area (TPSA) is 222 Å². The Labute approximate surface area is 141 Å². The summed E-state index contributed by atoms with van der Waals surface area (Å²) in [7, 11) is -5.17. The van der Waals surface area contributed by atoms with E-state index in [0.29, 0.717) is 0 Å². The Hall–Kier alpha value is -2.97. The lowest BCUT2D eigenvalue weighted by Gasteiger charge is -2.06. The highest BCUT2D eigenvalue weighted by atomic mass is 32.3. The van der Waals surface area contributed by atoms with Gasteiger partial charge in [-0.2, -0.15) is 0 Å². The van der Waals surface area contributed by atoms with Crippen molar-refractivity contribution in [1.82, 2.24) is 0 Å². The number of rotatable bonds is 2. The van der Waals surface area contributed by atoms with E-state index in [1.165, 1.54) is 24.3 Å². The van der Waals surface area contributed by atoms with Gasteiger partial charge in [0.25, 0.3) is 11.4 Å². The number of quaternary nitrogens is 2. The summed E-state index contributed by atoms with van der Waals surface area (Å²) in [5.74, 6) is 0. The van der Waals surface area contributed by atoms with E-state index in [1.807, 2.05) is 0 Å². The van der Waals surface area contributed by atoms with E-state index in [0.717, 1.165) is 11.4 Å². The highest BCUT2D eigenvalue weighted by molar-refractivity contribution is 7.79. The van der Waals surface area contributed by atoms with Crippen LogP contribution in [0, 0.1) is 20.2 Å². The maximum Gasteiger partial charge on any atom is 0.269 e. The van der Waals surface area contributed by atoms with Crippen LogP contribution < -0.4 is 11.5 Å². The lowest BCUT2D eigenvalue weighted by molar-refractivity contribution is -0.385. The van der Waals surface area contributed by atoms with Gasteiger partial charge in [0.05, 0.1) is 9.85 Å². The fraction of sp³-hybridized carbons (Fsp3) is 0. The highest BCUT2D eigenvalue weighted by Crippen LogP contribution is 2.11. The Bertz CT molecular complexity index is 743. The van der Waals surface area contributed by atoms with Crippen LogP contribution in [0.2, 0.25) is 0 Å². The van der Waals surface area contributed by atoms with Gasteiger partial charge in [0.15, 0.2) is 0 Å². The fourth-order valence-corrected chi connectivity index (χ4v) is 1.24. The third-order valence-electron chi connectivity index (χ3n) is 2.29. The van der Waals surface area contributed by atoms with Crippen molar-refractivity contribution >= 4 is 33.1 Å². The van der Waals surface area contributed by atoms with Crippen molar-refractivity contribution in [1.29, 1.82) is 0 Å². The maximum atomic E-state index is 10.1. The molecular formula is C12H14N4O8S. The van der Waals surface area contributed by atoms with Crippen LogP contribution in [0.3, 0.4) is 0 Å². The van der Waals surface area contributed by atoms with E-state index in [2.05, 4.69) is 11.5 Å². The van der Waals surface area contributed by atoms with Crippen LogP contribution in [0.15, 0.2) is 48.5 Å². The molecule has 0 unspecified atom stereocenters. The summed E-state index contributed by atoms with van der Waals surface area (Å²) in [6.45, 7) is 0. The van der Waals surface area contributed by atoms with Crippen molar-refractivity contribution in [2.45, 2.75) is 0 Å². The minimum absolute atomic E-state index is 0.104. The van der Waals surface area contributed by atoms with Crippen molar-refractivity contribution in [3.8, 4) is 0 Å². The van der Waals surface area contributed by atoms with E-state index in [4.69, 9.17) is 17.5 Å². The first-order chi connectivity index (χ1) is 11.4. The van der Waals surface area contributed by atoms with Crippen LogP contribution in [0.5, 0.6) is 0 Å². The molecule has 0 amide bonds. The molecule has 0 aliphatic heterocycles. The maximum absolute atomic E-state index is 10.1. The summed E-state index contributed by atoms with van der Waals surface area (Å²) < 4.78 is 34.1. The Balaban J connectivity index is 0.000000368. The molecule has 2 rings (SSSR count). The zero-order valence-corrected chi connectivity index (χ0v) is 13.4. The molecule has 25 heavy (non-hydrogen) atoms. The van der Waals surface area contributed by atoms with Crippen LogP contribution in [-0.4, -0.2) is 27.4 Å². The Morgan fingerprint density at radius 2 is 0.880 bits per heavy atom. The average Bonchev–Trinajstić information content (AvgIpc) is 2.47. The van der Waals surface area contributed by atoms with Crippen molar-refractivity contribution in [3.05, 3.63) is 68.8 Å². The fourth-order valence-electron chi connectivity index (χ4n) is 1.24. The molecule has 0 bridgehead atoms. The van der Waals surface area contributed by atoms with Crippen LogP contribution in [-0.2, 0) is 10.4 Å². The van der Waals surface area contributed by atoms with E-state index >= 15 is 0 Å². The third kappa shape index (κ3) is 12.2. The zero-order chi connectivity index (χ0) is 19.6. The Morgan fingerprint density at radius 1 is 0.680 bits per heavy atom. The monoisotopic (exact) mass is 374 g/mol. The zero-order valence-electron chi connectivity index (χ0n) is 12.6. The summed E-state index contributed by atoms with van der Waals surface area (Å²) >= 11 is 0. The predicted molar refractivity (Wildman–Crippen MR) is 81.8 cm³/mol. The summed E-state index contributed by atoms with van der Waals surface area (Å²) in [5.41, 5.74) is 8.97. The van der Waals surface area contributed by atoms with Gasteiger partial charge in [0.2, 0.25) is 0 Å². The van der Waals surface area contributed by atoms with Gasteiger partial charge < -0.3 is 20.6 Å². The third-order valence-corrected chi connectivity index (χ3v) is 2.29. The van der Waals surface area contributed by atoms with E-state index in [-0.39, 0.29) is 11.4 Å². The first-order valence-electron chi connectivity index (χ1n) is 6.19. The molecule has 136 valence electrons. The number of hydrogen-bond donors (Lipinski definition) is 2. The average molecular weight is 374 g/mol. The number of benzene rings is 2. The van der Waals surface area contributed by atoms with Crippen LogP contribution >= 0.6 is 0 Å². The molecule has 2 aromatic rings. The van der Waals surface area contributed by atoms with Gasteiger partial charge in [-0.15, -0.1) is 0 Å². The van der Waals surface area contributed by atoms with Crippen molar-refractivity contribution in [2.24, 2.45) is 0 Å². The van der Waals surface area contributed by atoms with E-state index in [9.17, 15) is 20.2 Å². The molecule has 0 saturated carbocycles. The van der Waals surface area contributed by atoms with Gasteiger partial charge >= 0.3 is 0 Å². The molecule has 13 heteroatoms. The normalized spacial score (nSPS) is 9.76. The van der Waals surface area contributed by atoms with Crippen molar-refractivity contribution in [2.75, 3.05) is 0 Å². The molecule has 0 heterocycles. The van der Waals surface area contributed by atoms with Crippen LogP contribution in [0.4, 0.5) is 22.7 Å². The minimum Gasteiger partial charge on any atom is -0.759 e. The van der Waals surface area contributed by atoms with Gasteiger partial charge in [0, 0.05) is 58.9 Å². The smallest absolute Gasteiger partial charge is 0.269 e. The summed E-state index contributed by atoms with van der Waals surface area (Å²) in [6.07, 6.45) is 0. The molecule has 6 N–H and O–H groups in total. The van der Waals surface area contributed by atoms with Crippen LogP contribution in [0.1, 0.15) is 0 Å². The second-order valence-electron chi connectivity index (χ2n) is 4.26. The standard InChI is InChI=1S/2C6H6N2O2.H2O4S/c2*7-5-1-3-6(4-2-5)8(9)10;1-5(2,3)4/h2*1-4H,7H2;(H2,1,2,3,4). The number of non-ortho nitro benzene ring substituents is 2.